The molecule has 4 saturated carbocycles. The molecule has 8 rings (SSSR count). The number of hydrogen-bond acceptors (Lipinski definition) is 27. The Balaban J connectivity index is 1.05. The maximum Gasteiger partial charge on any atom is 0.330 e. The molecule has 0 spiro atoms. The van der Waals surface area contributed by atoms with E-state index in [2.05, 4.69) is 0 Å². The number of carbonyl (C=O) groups excluding carboxylic acids is 3. The first kappa shape index (κ1) is 65.5. The summed E-state index contributed by atoms with van der Waals surface area (Å²) in [5.41, 5.74) is 0. The van der Waals surface area contributed by atoms with E-state index in [0.29, 0.717) is 64.2 Å². The summed E-state index contributed by atoms with van der Waals surface area (Å²) in [7, 11) is 2.87. The number of carbonyl (C=O) groups is 4. The lowest BCUT2D eigenvalue weighted by molar-refractivity contribution is -0.373. The van der Waals surface area contributed by atoms with Crippen LogP contribution in [0.4, 0.5) is 0 Å². The van der Waals surface area contributed by atoms with Gasteiger partial charge < -0.3 is 118 Å². The Bertz CT molecular complexity index is 2140. The standard InChI is InChI=1S/C55H84O28/c1-72-34-15-25(16-35(73-2)44(34)66)6-14-41(63)82-51-43(65)31(59)21-76-54(51)83-52-48(70)46(68)38(22-74-40(62)13-5-24-3-9-27(56)10-4-24)81-55(52)79-36-19-30-32(77-50(36)26-7-11-28(57)12-8-26)17-29(58)18-33(30)78-53-49(71)47(69)45(67)37(80-53)23-75-42(64)20-39(60)61/h5-6,13-14,24-38,43-59,65-71H,3-4,7-12,15-23H2,1-2H3,(H,60,61)/t24?,25?,26?,27?,28?,29?,30?,31-,32?,33?,34?,35?,36?,37-,38-,43+,44?,45-,46-,47+,48+,49-,50?,51-,52-,53-,54+,55-/m1/s1. The van der Waals surface area contributed by atoms with Gasteiger partial charge >= 0.3 is 23.9 Å². The van der Waals surface area contributed by atoms with Crippen molar-refractivity contribution in [3.05, 3.63) is 24.3 Å². The molecule has 4 aliphatic heterocycles. The summed E-state index contributed by atoms with van der Waals surface area (Å²) >= 11 is 0. The fourth-order valence-corrected chi connectivity index (χ4v) is 12.8. The van der Waals surface area contributed by atoms with E-state index in [1.165, 1.54) is 26.4 Å². The van der Waals surface area contributed by atoms with Crippen molar-refractivity contribution in [3.8, 4) is 0 Å². The summed E-state index contributed by atoms with van der Waals surface area (Å²) < 4.78 is 71.6. The molecule has 12 N–H and O–H groups in total. The van der Waals surface area contributed by atoms with Crippen LogP contribution in [0.15, 0.2) is 24.3 Å². The molecule has 4 aliphatic carbocycles. The van der Waals surface area contributed by atoms with Crippen LogP contribution in [0.1, 0.15) is 89.9 Å². The Morgan fingerprint density at radius 2 is 1.10 bits per heavy atom. The quantitative estimate of drug-likeness (QED) is 0.0248. The van der Waals surface area contributed by atoms with Gasteiger partial charge in [-0.25, -0.2) is 9.59 Å². The van der Waals surface area contributed by atoms with Gasteiger partial charge in [-0.3, -0.25) is 9.59 Å². The number of hydrogen-bond donors (Lipinski definition) is 12. The van der Waals surface area contributed by atoms with Crippen molar-refractivity contribution in [2.45, 2.75) is 237 Å². The molecule has 8 fully saturated rings. The fourth-order valence-electron chi connectivity index (χ4n) is 12.8. The number of fused-ring (bicyclic) bond motifs is 1. The Hall–Kier alpha value is -3.44. The summed E-state index contributed by atoms with van der Waals surface area (Å²) in [4.78, 5) is 49.9. The minimum Gasteiger partial charge on any atom is -0.481 e. The number of ether oxygens (including phenoxy) is 12. The van der Waals surface area contributed by atoms with Gasteiger partial charge in [-0.05, 0) is 94.8 Å². The monoisotopic (exact) mass is 1190 g/mol. The van der Waals surface area contributed by atoms with Crippen LogP contribution in [0.2, 0.25) is 0 Å². The van der Waals surface area contributed by atoms with Crippen molar-refractivity contribution in [1.29, 1.82) is 0 Å². The molecule has 8 aliphatic rings. The van der Waals surface area contributed by atoms with Crippen LogP contribution in [-0.2, 0) is 76.0 Å². The Morgan fingerprint density at radius 1 is 0.506 bits per heavy atom. The average Bonchev–Trinajstić information content (AvgIpc) is 3.42. The summed E-state index contributed by atoms with van der Waals surface area (Å²) in [5.74, 6) is -5.79. The summed E-state index contributed by atoms with van der Waals surface area (Å²) in [6.45, 7) is -1.92. The van der Waals surface area contributed by atoms with E-state index in [9.17, 15) is 75.3 Å². The van der Waals surface area contributed by atoms with Crippen LogP contribution < -0.4 is 0 Å². The summed E-state index contributed by atoms with van der Waals surface area (Å²) in [6, 6.07) is 0. The molecule has 472 valence electrons. The first-order valence-electron chi connectivity index (χ1n) is 28.8. The molecular weight excluding hydrogens is 1110 g/mol. The fraction of sp³-hybridized carbons (Fsp3) is 0.855. The smallest absolute Gasteiger partial charge is 0.330 e. The minimum absolute atomic E-state index is 0.00937. The summed E-state index contributed by atoms with van der Waals surface area (Å²) in [6.07, 6.45) is -23.4. The van der Waals surface area contributed by atoms with Gasteiger partial charge in [0, 0.05) is 38.7 Å². The summed E-state index contributed by atoms with van der Waals surface area (Å²) in [5, 5.41) is 130. The van der Waals surface area contributed by atoms with Crippen LogP contribution in [0.3, 0.4) is 0 Å². The molecule has 28 heteroatoms. The van der Waals surface area contributed by atoms with E-state index < -0.39 is 203 Å². The lowest BCUT2D eigenvalue weighted by atomic mass is 9.73. The normalized spacial score (nSPS) is 45.3. The molecule has 0 aromatic carbocycles. The number of allylic oxidation sites excluding steroid dienone is 2. The topological polar surface area (TPSA) is 422 Å². The van der Waals surface area contributed by atoms with Gasteiger partial charge in [0.2, 0.25) is 0 Å². The van der Waals surface area contributed by atoms with Crippen LogP contribution >= 0.6 is 0 Å². The van der Waals surface area contributed by atoms with Gasteiger partial charge in [-0.2, -0.15) is 0 Å². The van der Waals surface area contributed by atoms with E-state index in [1.54, 1.807) is 6.08 Å². The Labute approximate surface area is 479 Å². The molecule has 0 amide bonds. The van der Waals surface area contributed by atoms with Crippen molar-refractivity contribution in [2.24, 2.45) is 23.7 Å². The molecule has 0 radical (unpaired) electrons. The number of aliphatic hydroxyl groups excluding tert-OH is 11. The van der Waals surface area contributed by atoms with Crippen molar-refractivity contribution >= 4 is 23.9 Å². The zero-order valence-electron chi connectivity index (χ0n) is 46.4. The van der Waals surface area contributed by atoms with Gasteiger partial charge in [0.15, 0.2) is 25.0 Å². The van der Waals surface area contributed by atoms with Gasteiger partial charge in [-0.15, -0.1) is 0 Å². The second-order valence-corrected chi connectivity index (χ2v) is 23.3. The van der Waals surface area contributed by atoms with Crippen LogP contribution in [0.5, 0.6) is 0 Å². The van der Waals surface area contributed by atoms with Crippen LogP contribution in [0.25, 0.3) is 0 Å². The van der Waals surface area contributed by atoms with Crippen molar-refractivity contribution < 1.29 is 137 Å². The Kier molecular flexibility index (Phi) is 23.7. The number of aliphatic hydroxyl groups is 11. The highest BCUT2D eigenvalue weighted by molar-refractivity contribution is 5.90. The predicted molar refractivity (Wildman–Crippen MR) is 274 cm³/mol. The van der Waals surface area contributed by atoms with Gasteiger partial charge in [-0.1, -0.05) is 12.2 Å². The second kappa shape index (κ2) is 30.0. The number of carboxylic acids is 1. The number of methoxy groups -OCH3 is 2. The molecule has 0 bridgehead atoms. The third-order valence-electron chi connectivity index (χ3n) is 17.6. The van der Waals surface area contributed by atoms with E-state index in [1.807, 2.05) is 0 Å². The highest BCUT2D eigenvalue weighted by atomic mass is 16.8. The molecule has 4 saturated heterocycles. The van der Waals surface area contributed by atoms with Crippen molar-refractivity contribution in [1.82, 2.24) is 0 Å². The third kappa shape index (κ3) is 16.8. The maximum atomic E-state index is 13.6. The zero-order valence-corrected chi connectivity index (χ0v) is 46.4. The first-order valence-corrected chi connectivity index (χ1v) is 28.8. The van der Waals surface area contributed by atoms with Crippen molar-refractivity contribution in [2.75, 3.05) is 34.0 Å². The lowest BCUT2D eigenvalue weighted by Gasteiger charge is -2.52. The predicted octanol–water partition coefficient (Wildman–Crippen LogP) is -3.11. The molecule has 4 heterocycles. The van der Waals surface area contributed by atoms with Gasteiger partial charge in [0.05, 0.1) is 61.5 Å². The van der Waals surface area contributed by atoms with Crippen molar-refractivity contribution in [3.63, 3.8) is 0 Å². The van der Waals surface area contributed by atoms with E-state index >= 15 is 0 Å². The highest BCUT2D eigenvalue weighted by Crippen LogP contribution is 2.45. The molecule has 22 atom stereocenters. The Morgan fingerprint density at radius 3 is 1.75 bits per heavy atom. The zero-order chi connectivity index (χ0) is 59.8. The maximum absolute atomic E-state index is 13.6. The number of aliphatic carboxylic acids is 1. The second-order valence-electron chi connectivity index (χ2n) is 23.3. The molecule has 8 unspecified atom stereocenters. The number of esters is 3. The molecule has 0 aromatic heterocycles. The SMILES string of the molecule is COC1CC(C=CC(=O)O[C@H]2[C@H](O[C@H]3[C@H](OC4CC5C(CC(O)CC5O[C@@H]5O[C@H](COC(=O)CC(=O)O)[C@@H](O)[C@H](O)[C@H]5O)OC4C4CCC(O)CC4)O[C@H](COC(=O)C=CC4CCC(O)CC4)[C@@H](O)[C@@H]3O)OC[C@@H](O)[C@@H]2O)CC(OC)C1O. The minimum atomic E-state index is -1.97. The number of rotatable bonds is 20. The molecular formula is C55H84O28. The lowest BCUT2D eigenvalue weighted by Crippen LogP contribution is -2.65. The third-order valence-corrected chi connectivity index (χ3v) is 17.6. The van der Waals surface area contributed by atoms with E-state index in [0.717, 1.165) is 6.08 Å². The van der Waals surface area contributed by atoms with E-state index in [-0.39, 0.29) is 37.0 Å². The van der Waals surface area contributed by atoms with Crippen LogP contribution in [-0.4, -0.2) is 266 Å². The molecule has 28 nitrogen and oxygen atoms in total. The number of carboxylic acid groups (broad SMARTS) is 1. The highest BCUT2D eigenvalue weighted by Gasteiger charge is 2.56. The average molecular weight is 1190 g/mol. The van der Waals surface area contributed by atoms with Crippen LogP contribution in [0, 0.1) is 23.7 Å². The van der Waals surface area contributed by atoms with Gasteiger partial charge in [0.1, 0.15) is 86.8 Å². The largest absolute Gasteiger partial charge is 0.481 e. The molecule has 83 heavy (non-hydrogen) atoms. The molecule has 0 aromatic rings. The first-order chi connectivity index (χ1) is 39.6. The van der Waals surface area contributed by atoms with Gasteiger partial charge in [0.25, 0.3) is 0 Å². The van der Waals surface area contributed by atoms with E-state index in [4.69, 9.17) is 61.9 Å².